The average Bonchev–Trinajstić information content (AvgIpc) is 2.58. The lowest BCUT2D eigenvalue weighted by atomic mass is 9.87. The van der Waals surface area contributed by atoms with Gasteiger partial charge in [-0.3, -0.25) is 0 Å². The molecule has 2 unspecified atom stereocenters. The van der Waals surface area contributed by atoms with Crippen molar-refractivity contribution in [2.45, 2.75) is 36.7 Å². The Morgan fingerprint density at radius 1 is 1.47 bits per heavy atom. The topological polar surface area (TPSA) is 29.5 Å². The fraction of sp³-hybridized carbons (Fsp3) is 0.538. The van der Waals surface area contributed by atoms with Crippen LogP contribution in [0.4, 0.5) is 4.39 Å². The van der Waals surface area contributed by atoms with E-state index in [2.05, 4.69) is 6.92 Å². The molecule has 1 saturated heterocycles. The molecule has 1 aromatic rings. The first-order valence-corrected chi connectivity index (χ1v) is 6.91. The van der Waals surface area contributed by atoms with Crippen LogP contribution in [0.2, 0.25) is 0 Å². The van der Waals surface area contributed by atoms with Gasteiger partial charge >= 0.3 is 0 Å². The molecule has 2 heterocycles. The van der Waals surface area contributed by atoms with Gasteiger partial charge in [0.1, 0.15) is 17.2 Å². The molecule has 17 heavy (non-hydrogen) atoms. The van der Waals surface area contributed by atoms with E-state index in [4.69, 9.17) is 4.74 Å². The van der Waals surface area contributed by atoms with Gasteiger partial charge in [0.05, 0.1) is 6.10 Å². The van der Waals surface area contributed by atoms with Crippen molar-refractivity contribution >= 4 is 11.8 Å². The summed E-state index contributed by atoms with van der Waals surface area (Å²) in [6.45, 7) is 2.16. The largest absolute Gasteiger partial charge is 0.486 e. The Balaban J connectivity index is 1.97. The third kappa shape index (κ3) is 1.93. The van der Waals surface area contributed by atoms with Gasteiger partial charge in [-0.15, -0.1) is 0 Å². The Kier molecular flexibility index (Phi) is 2.60. The summed E-state index contributed by atoms with van der Waals surface area (Å²) < 4.78 is 19.2. The van der Waals surface area contributed by atoms with Gasteiger partial charge in [0.2, 0.25) is 0 Å². The van der Waals surface area contributed by atoms with E-state index in [1.54, 1.807) is 6.07 Å². The number of rotatable bonds is 0. The number of aliphatic hydroxyl groups excluding tert-OH is 1. The van der Waals surface area contributed by atoms with Crippen LogP contribution in [0.5, 0.6) is 5.75 Å². The molecule has 2 nitrogen and oxygen atoms in total. The van der Waals surface area contributed by atoms with Gasteiger partial charge in [-0.1, -0.05) is 6.92 Å². The average molecular weight is 254 g/mol. The highest BCUT2D eigenvalue weighted by Gasteiger charge is 2.45. The maximum Gasteiger partial charge on any atom is 0.128 e. The molecule has 0 radical (unpaired) electrons. The van der Waals surface area contributed by atoms with Gasteiger partial charge in [0, 0.05) is 29.1 Å². The smallest absolute Gasteiger partial charge is 0.128 e. The summed E-state index contributed by atoms with van der Waals surface area (Å²) in [5.74, 6) is 1.08. The Labute approximate surface area is 104 Å². The van der Waals surface area contributed by atoms with Crippen molar-refractivity contribution in [3.05, 3.63) is 29.6 Å². The maximum atomic E-state index is 13.2. The number of benzene rings is 1. The van der Waals surface area contributed by atoms with E-state index >= 15 is 0 Å². The SMILES string of the molecule is CC1CC2(CS1)C[C@@H](O)c1ccc(F)cc1O2. The van der Waals surface area contributed by atoms with E-state index in [-0.39, 0.29) is 11.4 Å². The van der Waals surface area contributed by atoms with Gasteiger partial charge in [0.25, 0.3) is 0 Å². The fourth-order valence-electron chi connectivity index (χ4n) is 2.76. The van der Waals surface area contributed by atoms with Crippen molar-refractivity contribution in [3.8, 4) is 5.75 Å². The van der Waals surface area contributed by atoms with E-state index in [9.17, 15) is 9.50 Å². The molecule has 0 aromatic heterocycles. The van der Waals surface area contributed by atoms with Crippen LogP contribution >= 0.6 is 11.8 Å². The first-order chi connectivity index (χ1) is 8.08. The van der Waals surface area contributed by atoms with Crippen molar-refractivity contribution in [2.75, 3.05) is 5.75 Å². The lowest BCUT2D eigenvalue weighted by Gasteiger charge is -2.37. The highest BCUT2D eigenvalue weighted by Crippen LogP contribution is 2.48. The van der Waals surface area contributed by atoms with Crippen LogP contribution in [-0.2, 0) is 0 Å². The van der Waals surface area contributed by atoms with Gasteiger partial charge in [0.15, 0.2) is 0 Å². The van der Waals surface area contributed by atoms with Crippen molar-refractivity contribution in [1.29, 1.82) is 0 Å². The first-order valence-electron chi connectivity index (χ1n) is 5.86. The number of hydrogen-bond acceptors (Lipinski definition) is 3. The van der Waals surface area contributed by atoms with E-state index in [1.165, 1.54) is 12.1 Å². The molecule has 3 atom stereocenters. The number of halogens is 1. The molecule has 1 spiro atoms. The first kappa shape index (κ1) is 11.4. The lowest BCUT2D eigenvalue weighted by molar-refractivity contribution is 0.00123. The van der Waals surface area contributed by atoms with Crippen LogP contribution in [0.3, 0.4) is 0 Å². The molecule has 3 rings (SSSR count). The van der Waals surface area contributed by atoms with Gasteiger partial charge in [-0.05, 0) is 18.6 Å². The Morgan fingerprint density at radius 2 is 2.29 bits per heavy atom. The summed E-state index contributed by atoms with van der Waals surface area (Å²) in [5, 5.41) is 10.7. The van der Waals surface area contributed by atoms with Crippen molar-refractivity contribution < 1.29 is 14.2 Å². The molecule has 2 aliphatic heterocycles. The third-order valence-electron chi connectivity index (χ3n) is 3.52. The minimum absolute atomic E-state index is 0.301. The predicted octanol–water partition coefficient (Wildman–Crippen LogP) is 2.91. The Bertz CT molecular complexity index is 451. The lowest BCUT2D eigenvalue weighted by Crippen LogP contribution is -2.41. The zero-order valence-electron chi connectivity index (χ0n) is 9.65. The Hall–Kier alpha value is -0.740. The normalized spacial score (nSPS) is 35.7. The standard InChI is InChI=1S/C13H15FO2S/c1-8-5-13(7-17-8)6-11(15)10-3-2-9(14)4-12(10)16-13/h2-4,8,11,15H,5-7H2,1H3/t8?,11-,13?/m1/s1. The predicted molar refractivity (Wildman–Crippen MR) is 65.9 cm³/mol. The molecule has 4 heteroatoms. The zero-order valence-corrected chi connectivity index (χ0v) is 10.5. The number of thioether (sulfide) groups is 1. The monoisotopic (exact) mass is 254 g/mol. The number of ether oxygens (including phenoxy) is 1. The van der Waals surface area contributed by atoms with Crippen molar-refractivity contribution in [1.82, 2.24) is 0 Å². The molecular weight excluding hydrogens is 239 g/mol. The zero-order chi connectivity index (χ0) is 12.0. The molecule has 0 bridgehead atoms. The molecule has 1 aromatic carbocycles. The molecular formula is C13H15FO2S. The molecule has 92 valence electrons. The van der Waals surface area contributed by atoms with E-state index < -0.39 is 6.10 Å². The van der Waals surface area contributed by atoms with Crippen LogP contribution in [0.1, 0.15) is 31.4 Å². The van der Waals surface area contributed by atoms with Crippen LogP contribution < -0.4 is 4.74 Å². The fourth-order valence-corrected chi connectivity index (χ4v) is 4.06. The van der Waals surface area contributed by atoms with Crippen molar-refractivity contribution in [3.63, 3.8) is 0 Å². The molecule has 0 aliphatic carbocycles. The number of fused-ring (bicyclic) bond motifs is 1. The second-order valence-electron chi connectivity index (χ2n) is 5.01. The number of hydrogen-bond donors (Lipinski definition) is 1. The summed E-state index contributed by atoms with van der Waals surface area (Å²) in [4.78, 5) is 0. The molecule has 1 N–H and O–H groups in total. The van der Waals surface area contributed by atoms with Gasteiger partial charge in [-0.2, -0.15) is 11.8 Å². The van der Waals surface area contributed by atoms with Gasteiger partial charge < -0.3 is 9.84 Å². The molecule has 0 amide bonds. The van der Waals surface area contributed by atoms with Crippen LogP contribution in [-0.4, -0.2) is 21.7 Å². The van der Waals surface area contributed by atoms with E-state index in [0.29, 0.717) is 23.0 Å². The minimum atomic E-state index is -0.537. The van der Waals surface area contributed by atoms with Gasteiger partial charge in [-0.25, -0.2) is 4.39 Å². The second-order valence-corrected chi connectivity index (χ2v) is 6.44. The van der Waals surface area contributed by atoms with E-state index in [1.807, 2.05) is 11.8 Å². The summed E-state index contributed by atoms with van der Waals surface area (Å²) in [5.41, 5.74) is 0.408. The van der Waals surface area contributed by atoms with E-state index in [0.717, 1.165) is 12.2 Å². The Morgan fingerprint density at radius 3 is 3.00 bits per heavy atom. The quantitative estimate of drug-likeness (QED) is 0.772. The highest BCUT2D eigenvalue weighted by molar-refractivity contribution is 8.00. The third-order valence-corrected chi connectivity index (χ3v) is 4.95. The van der Waals surface area contributed by atoms with Crippen LogP contribution in [0.15, 0.2) is 18.2 Å². The molecule has 2 aliphatic rings. The highest BCUT2D eigenvalue weighted by atomic mass is 32.2. The van der Waals surface area contributed by atoms with Crippen LogP contribution in [0, 0.1) is 5.82 Å². The van der Waals surface area contributed by atoms with Crippen LogP contribution in [0.25, 0.3) is 0 Å². The number of aliphatic hydroxyl groups is 1. The summed E-state index contributed by atoms with van der Waals surface area (Å²) in [7, 11) is 0. The second kappa shape index (κ2) is 3.89. The molecule has 0 saturated carbocycles. The van der Waals surface area contributed by atoms with Crippen molar-refractivity contribution in [2.24, 2.45) is 0 Å². The summed E-state index contributed by atoms with van der Waals surface area (Å²) in [6, 6.07) is 4.37. The molecule has 1 fully saturated rings. The summed E-state index contributed by atoms with van der Waals surface area (Å²) >= 11 is 1.85. The maximum absolute atomic E-state index is 13.2. The summed E-state index contributed by atoms with van der Waals surface area (Å²) in [6.07, 6.45) is 0.999. The minimum Gasteiger partial charge on any atom is -0.486 e.